The molecule has 4 nitrogen and oxygen atoms in total. The molecule has 5 heteroatoms. The van der Waals surface area contributed by atoms with Gasteiger partial charge in [0.05, 0.1) is 0 Å². The van der Waals surface area contributed by atoms with E-state index in [1.54, 1.807) is 54.6 Å². The predicted octanol–water partition coefficient (Wildman–Crippen LogP) is 8.76. The molecule has 198 valence electrons. The summed E-state index contributed by atoms with van der Waals surface area (Å²) >= 11 is 0. The lowest BCUT2D eigenvalue weighted by Gasteiger charge is -2.17. The van der Waals surface area contributed by atoms with E-state index in [0.717, 1.165) is 36.8 Å². The first-order valence-electron chi connectivity index (χ1n) is 13.4. The summed E-state index contributed by atoms with van der Waals surface area (Å²) in [6.45, 7) is 4.38. The predicted molar refractivity (Wildman–Crippen MR) is 156 cm³/mol. The molecule has 0 amide bonds. The van der Waals surface area contributed by atoms with E-state index in [1.165, 1.54) is 38.5 Å². The van der Waals surface area contributed by atoms with Crippen molar-refractivity contribution >= 4 is 23.5 Å². The summed E-state index contributed by atoms with van der Waals surface area (Å²) in [5, 5.41) is 0.285. The van der Waals surface area contributed by atoms with E-state index in [0.29, 0.717) is 11.1 Å². The van der Waals surface area contributed by atoms with Crippen LogP contribution in [-0.4, -0.2) is 11.0 Å². The Labute approximate surface area is 222 Å². The number of aryl methyl sites for hydroxylation is 2. The van der Waals surface area contributed by atoms with Gasteiger partial charge in [-0.25, -0.2) is 0 Å². The summed E-state index contributed by atoms with van der Waals surface area (Å²) < 4.78 is 14.4. The van der Waals surface area contributed by atoms with Crippen molar-refractivity contribution in [3.63, 3.8) is 0 Å². The van der Waals surface area contributed by atoms with Crippen molar-refractivity contribution in [2.75, 3.05) is 0 Å². The molecule has 3 N–H and O–H groups in total. The summed E-state index contributed by atoms with van der Waals surface area (Å²) in [7, 11) is -4.07. The Morgan fingerprint density at radius 2 is 0.973 bits per heavy atom. The van der Waals surface area contributed by atoms with Crippen LogP contribution in [0.1, 0.15) is 97.1 Å². The van der Waals surface area contributed by atoms with Crippen molar-refractivity contribution in [1.29, 1.82) is 0 Å². The van der Waals surface area contributed by atoms with Crippen LogP contribution in [0.2, 0.25) is 0 Å². The van der Waals surface area contributed by atoms with Crippen LogP contribution < -0.4 is 11.5 Å². The van der Waals surface area contributed by atoms with E-state index in [2.05, 4.69) is 13.8 Å². The fourth-order valence-corrected chi connectivity index (χ4v) is 6.74. The number of carbonyl (C=O) groups is 2. The Balaban J connectivity index is 0.00000481. The van der Waals surface area contributed by atoms with Crippen molar-refractivity contribution in [2.24, 2.45) is 0 Å². The lowest BCUT2D eigenvalue weighted by Crippen LogP contribution is -2.20. The van der Waals surface area contributed by atoms with E-state index >= 15 is 0 Å². The lowest BCUT2D eigenvalue weighted by molar-refractivity contribution is 0.104. The molecule has 0 saturated heterocycles. The molecule has 0 saturated carbocycles. The van der Waals surface area contributed by atoms with Crippen molar-refractivity contribution in [3.8, 4) is 0 Å². The first-order chi connectivity index (χ1) is 17.5. The molecule has 0 aromatic heterocycles. The van der Waals surface area contributed by atoms with Crippen LogP contribution in [0.5, 0.6) is 0 Å². The zero-order valence-electron chi connectivity index (χ0n) is 22.5. The van der Waals surface area contributed by atoms with Crippen LogP contribution >= 0.6 is 7.14 Å². The van der Waals surface area contributed by atoms with Crippen molar-refractivity contribution in [2.45, 2.75) is 78.1 Å². The summed E-state index contributed by atoms with van der Waals surface area (Å²) in [4.78, 5) is 27.4. The maximum absolute atomic E-state index is 14.4. The van der Waals surface area contributed by atoms with Crippen LogP contribution in [-0.2, 0) is 17.4 Å². The highest BCUT2D eigenvalue weighted by molar-refractivity contribution is 8.01. The molecule has 3 aromatic carbocycles. The van der Waals surface area contributed by atoms with Crippen LogP contribution in [0.4, 0.5) is 0 Å². The number of carbonyl (C=O) groups excluding carboxylic acids is 2. The second-order valence-electron chi connectivity index (χ2n) is 9.57. The molecule has 37 heavy (non-hydrogen) atoms. The average Bonchev–Trinajstić information content (AvgIpc) is 2.93. The normalized spacial score (nSPS) is 11.1. The Morgan fingerprint density at radius 3 is 1.35 bits per heavy atom. The van der Waals surface area contributed by atoms with Gasteiger partial charge in [-0.1, -0.05) is 131 Å². The number of rotatable bonds is 15. The number of hydrogen-bond acceptors (Lipinski definition) is 4. The molecular weight excluding hydrogens is 477 g/mol. The maximum atomic E-state index is 14.4. The monoisotopic (exact) mass is 519 g/mol. The molecule has 0 fully saturated rings. The van der Waals surface area contributed by atoms with Gasteiger partial charge in [0.25, 0.3) is 0 Å². The summed E-state index contributed by atoms with van der Waals surface area (Å²) in [5.41, 5.74) is 1.75. The lowest BCUT2D eigenvalue weighted by atomic mass is 10.0. The Morgan fingerprint density at radius 1 is 0.568 bits per heavy atom. The van der Waals surface area contributed by atoms with E-state index in [9.17, 15) is 14.2 Å². The molecule has 0 atom stereocenters. The van der Waals surface area contributed by atoms with Crippen LogP contribution in [0.25, 0.3) is 0 Å². The molecule has 0 spiro atoms. The zero-order chi connectivity index (χ0) is 25.8. The first-order valence-corrected chi connectivity index (χ1v) is 15.1. The average molecular weight is 520 g/mol. The summed E-state index contributed by atoms with van der Waals surface area (Å²) in [6.07, 6.45) is 11.3. The third-order valence-electron chi connectivity index (χ3n) is 6.73. The Kier molecular flexibility index (Phi) is 12.7. The molecule has 3 aromatic rings. The third-order valence-corrected chi connectivity index (χ3v) is 9.42. The topological polar surface area (TPSA) is 86.2 Å². The van der Waals surface area contributed by atoms with Gasteiger partial charge in [-0.3, -0.25) is 9.59 Å². The van der Waals surface area contributed by atoms with Gasteiger partial charge in [-0.15, -0.1) is 0 Å². The SMILES string of the molecule is CCCCCCc1ccc(C(=O)P(=O)(C(=O)c2ccc(CCCCCC)cc2)c2ccccc2)cc1.N. The van der Waals surface area contributed by atoms with Gasteiger partial charge in [-0.05, 0) is 36.8 Å². The van der Waals surface area contributed by atoms with Crippen molar-refractivity contribution < 1.29 is 14.2 Å². The second kappa shape index (κ2) is 15.4. The molecular formula is C32H42NO3P. The number of benzene rings is 3. The van der Waals surface area contributed by atoms with Gasteiger partial charge in [-0.2, -0.15) is 0 Å². The zero-order valence-corrected chi connectivity index (χ0v) is 23.4. The minimum absolute atomic E-state index is 0. The fourth-order valence-electron chi connectivity index (χ4n) is 4.47. The maximum Gasteiger partial charge on any atom is 0.248 e. The van der Waals surface area contributed by atoms with Crippen molar-refractivity contribution in [3.05, 3.63) is 101 Å². The molecule has 0 aliphatic carbocycles. The fraction of sp³-hybridized carbons (Fsp3) is 0.375. The number of hydrogen-bond donors (Lipinski definition) is 1. The highest BCUT2D eigenvalue weighted by Crippen LogP contribution is 2.50. The van der Waals surface area contributed by atoms with Gasteiger partial charge in [0.2, 0.25) is 18.2 Å². The molecule has 0 bridgehead atoms. The van der Waals surface area contributed by atoms with Gasteiger partial charge >= 0.3 is 0 Å². The minimum atomic E-state index is -4.07. The minimum Gasteiger partial charge on any atom is -0.344 e. The molecule has 0 aliphatic rings. The third kappa shape index (κ3) is 8.09. The highest BCUT2D eigenvalue weighted by atomic mass is 31.2. The van der Waals surface area contributed by atoms with Crippen LogP contribution in [0.3, 0.4) is 0 Å². The largest absolute Gasteiger partial charge is 0.344 e. The first kappa shape index (κ1) is 30.4. The van der Waals surface area contributed by atoms with Crippen LogP contribution in [0.15, 0.2) is 78.9 Å². The van der Waals surface area contributed by atoms with Gasteiger partial charge in [0, 0.05) is 16.4 Å². The molecule has 0 aliphatic heterocycles. The standard InChI is InChI=1S/C32H39O3P.H3N/c1-3-5-7-10-14-26-18-22-28(23-19-26)31(33)36(35,30-16-12-9-13-17-30)32(34)29-24-20-27(21-25-29)15-11-8-6-4-2;/h9,12-13,16-25H,3-8,10-11,14-15H2,1-2H3;1H3. The van der Waals surface area contributed by atoms with Crippen molar-refractivity contribution in [1.82, 2.24) is 6.15 Å². The summed E-state index contributed by atoms with van der Waals surface area (Å²) in [5.74, 6) is 0. The Bertz CT molecular complexity index is 1080. The highest BCUT2D eigenvalue weighted by Gasteiger charge is 2.42. The summed E-state index contributed by atoms with van der Waals surface area (Å²) in [6, 6.07) is 23.1. The molecule has 0 heterocycles. The van der Waals surface area contributed by atoms with E-state index in [4.69, 9.17) is 0 Å². The quantitative estimate of drug-likeness (QED) is 0.161. The van der Waals surface area contributed by atoms with Gasteiger partial charge in [0.1, 0.15) is 0 Å². The van der Waals surface area contributed by atoms with E-state index in [1.807, 2.05) is 24.3 Å². The van der Waals surface area contributed by atoms with Gasteiger partial charge < -0.3 is 10.7 Å². The van der Waals surface area contributed by atoms with Crippen LogP contribution in [0, 0.1) is 0 Å². The number of unbranched alkanes of at least 4 members (excludes halogenated alkanes) is 6. The Hall–Kier alpha value is -2.81. The van der Waals surface area contributed by atoms with Gasteiger partial charge in [0.15, 0.2) is 0 Å². The smallest absolute Gasteiger partial charge is 0.248 e. The van der Waals surface area contributed by atoms with E-state index in [-0.39, 0.29) is 11.5 Å². The molecule has 3 rings (SSSR count). The second-order valence-corrected chi connectivity index (χ2v) is 12.1. The molecule has 0 radical (unpaired) electrons. The molecule has 0 unspecified atom stereocenters. The van der Waals surface area contributed by atoms with E-state index < -0.39 is 18.2 Å².